The Kier molecular flexibility index (Phi) is 9.80. The Labute approximate surface area is 403 Å². The fourth-order valence-corrected chi connectivity index (χ4v) is 11.2. The molecule has 0 amide bonds. The quantitative estimate of drug-likeness (QED) is 0.111. The fraction of sp³-hybridized carbons (Fsp3) is 0.0435. The Bertz CT molecular complexity index is 4080. The summed E-state index contributed by atoms with van der Waals surface area (Å²) in [6, 6.07) is 92.8. The first-order chi connectivity index (χ1) is 34.1. The van der Waals surface area contributed by atoms with Crippen molar-refractivity contribution in [2.75, 3.05) is 0 Å². The molecule has 0 N–H and O–H groups in total. The van der Waals surface area contributed by atoms with E-state index in [4.69, 9.17) is 0 Å². The van der Waals surface area contributed by atoms with Gasteiger partial charge in [-0.3, -0.25) is 0 Å². The van der Waals surface area contributed by atoms with Crippen molar-refractivity contribution < 1.29 is 0 Å². The molecule has 324 valence electrons. The van der Waals surface area contributed by atoms with Crippen LogP contribution in [0, 0.1) is 0 Å². The molecular weight excluding hydrogens is 829 g/mol. The van der Waals surface area contributed by atoms with Crippen molar-refractivity contribution in [2.45, 2.75) is 19.8 Å². The van der Waals surface area contributed by atoms with Crippen LogP contribution >= 0.6 is 0 Å². The van der Waals surface area contributed by atoms with E-state index in [-0.39, 0.29) is 0 Å². The van der Waals surface area contributed by atoms with Crippen LogP contribution < -0.4 is 0 Å². The zero-order valence-electron chi connectivity index (χ0n) is 38.7. The van der Waals surface area contributed by atoms with Crippen LogP contribution in [-0.4, -0.2) is 0 Å². The smallest absolute Gasteiger partial charge is 0.00199 e. The van der Waals surface area contributed by atoms with Crippen LogP contribution in [-0.2, 0) is 0 Å². The highest BCUT2D eigenvalue weighted by Crippen LogP contribution is 2.48. The molecule has 0 heterocycles. The number of rotatable bonds is 7. The summed E-state index contributed by atoms with van der Waals surface area (Å²) in [5.74, 6) is 0.430. The van der Waals surface area contributed by atoms with Crippen LogP contribution in [0.5, 0.6) is 0 Å². The third-order valence-corrected chi connectivity index (χ3v) is 14.6. The Morgan fingerprint density at radius 3 is 1.10 bits per heavy atom. The predicted octanol–water partition coefficient (Wildman–Crippen LogP) is 19.7. The lowest BCUT2D eigenvalue weighted by Gasteiger charge is -2.21. The van der Waals surface area contributed by atoms with E-state index in [1.54, 1.807) is 0 Å². The van der Waals surface area contributed by atoms with Crippen molar-refractivity contribution in [3.05, 3.63) is 254 Å². The molecule has 0 fully saturated rings. The first-order valence-electron chi connectivity index (χ1n) is 24.3. The molecule has 0 radical (unpaired) electrons. The average Bonchev–Trinajstić information content (AvgIpc) is 3.42. The first-order valence-corrected chi connectivity index (χ1v) is 24.3. The number of benzene rings is 13. The minimum absolute atomic E-state index is 0.430. The van der Waals surface area contributed by atoms with E-state index in [0.717, 1.165) is 0 Å². The topological polar surface area (TPSA) is 0 Å². The molecule has 0 spiro atoms. The molecule has 13 rings (SSSR count). The van der Waals surface area contributed by atoms with Gasteiger partial charge in [-0.05, 0) is 161 Å². The SMILES string of the molecule is CC(C)c1cccc(-c2c3ccccc3c(-c3cc(-c4ccc(-c5cc6ccccc6c6ccccc56)cc4)ccc3-c3ccc(-c4cc5ccccc5c5ccccc45)cc3)c3ccccc23)c1. The molecule has 13 aromatic rings. The van der Waals surface area contributed by atoms with Gasteiger partial charge in [-0.1, -0.05) is 244 Å². The first kappa shape index (κ1) is 40.7. The highest BCUT2D eigenvalue weighted by molar-refractivity contribution is 6.23. The van der Waals surface area contributed by atoms with Gasteiger partial charge in [0.15, 0.2) is 0 Å². The lowest BCUT2D eigenvalue weighted by Crippen LogP contribution is -1.94. The molecule has 0 nitrogen and oxygen atoms in total. The normalized spacial score (nSPS) is 11.8. The maximum Gasteiger partial charge on any atom is -0.00199 e. The molecule has 0 aliphatic heterocycles. The van der Waals surface area contributed by atoms with Gasteiger partial charge in [0.1, 0.15) is 0 Å². The van der Waals surface area contributed by atoms with E-state index in [1.807, 2.05) is 0 Å². The summed E-state index contributed by atoms with van der Waals surface area (Å²) >= 11 is 0. The van der Waals surface area contributed by atoms with E-state index < -0.39 is 0 Å². The Morgan fingerprint density at radius 2 is 0.609 bits per heavy atom. The summed E-state index contributed by atoms with van der Waals surface area (Å²) in [6.07, 6.45) is 0. The van der Waals surface area contributed by atoms with Crippen LogP contribution in [0.3, 0.4) is 0 Å². The summed E-state index contributed by atoms with van der Waals surface area (Å²) in [4.78, 5) is 0. The molecule has 0 aliphatic carbocycles. The third-order valence-electron chi connectivity index (χ3n) is 14.6. The molecule has 0 atom stereocenters. The number of hydrogen-bond donors (Lipinski definition) is 0. The summed E-state index contributed by atoms with van der Waals surface area (Å²) < 4.78 is 0. The second kappa shape index (κ2) is 16.6. The lowest BCUT2D eigenvalue weighted by atomic mass is 9.82. The van der Waals surface area contributed by atoms with Gasteiger partial charge in [0.2, 0.25) is 0 Å². The summed E-state index contributed by atoms with van der Waals surface area (Å²) in [6.45, 7) is 4.56. The van der Waals surface area contributed by atoms with Crippen LogP contribution in [0.25, 0.3) is 131 Å². The maximum atomic E-state index is 2.45. The molecular formula is C69H48. The van der Waals surface area contributed by atoms with Gasteiger partial charge < -0.3 is 0 Å². The predicted molar refractivity (Wildman–Crippen MR) is 298 cm³/mol. The molecule has 0 aliphatic rings. The summed E-state index contributed by atoms with van der Waals surface area (Å²) in [5, 5.41) is 15.2. The van der Waals surface area contributed by atoms with E-state index in [2.05, 4.69) is 263 Å². The van der Waals surface area contributed by atoms with Gasteiger partial charge in [-0.15, -0.1) is 0 Å². The Morgan fingerprint density at radius 1 is 0.217 bits per heavy atom. The van der Waals surface area contributed by atoms with Crippen molar-refractivity contribution in [3.8, 4) is 66.8 Å². The highest BCUT2D eigenvalue weighted by Gasteiger charge is 2.21. The van der Waals surface area contributed by atoms with Crippen LogP contribution in [0.4, 0.5) is 0 Å². The average molecular weight is 877 g/mol. The maximum absolute atomic E-state index is 2.45. The van der Waals surface area contributed by atoms with Crippen molar-refractivity contribution in [1.82, 2.24) is 0 Å². The van der Waals surface area contributed by atoms with Crippen LogP contribution in [0.1, 0.15) is 25.3 Å². The van der Waals surface area contributed by atoms with E-state index in [9.17, 15) is 0 Å². The Balaban J connectivity index is 1.01. The molecule has 13 aromatic carbocycles. The van der Waals surface area contributed by atoms with Gasteiger partial charge >= 0.3 is 0 Å². The molecule has 0 heteroatoms. The second-order valence-corrected chi connectivity index (χ2v) is 18.9. The molecule has 0 saturated carbocycles. The van der Waals surface area contributed by atoms with E-state index >= 15 is 0 Å². The zero-order valence-corrected chi connectivity index (χ0v) is 38.7. The van der Waals surface area contributed by atoms with Gasteiger partial charge in [0, 0.05) is 0 Å². The van der Waals surface area contributed by atoms with Gasteiger partial charge in [0.05, 0.1) is 0 Å². The zero-order chi connectivity index (χ0) is 46.0. The van der Waals surface area contributed by atoms with Crippen LogP contribution in [0.2, 0.25) is 0 Å². The standard InChI is InChI=1S/C69H48/c1-44(2)49-18-15-19-53(40-49)68-61-26-11-13-28-63(61)69(64-29-14-12-27-62(64)68)67-41-50(45-30-32-47(33-31-45)65-42-51-16-3-5-20-54(51)57-22-7-9-24-59(57)65)38-39-56(67)46-34-36-48(37-35-46)66-43-52-17-4-6-21-55(52)58-23-8-10-25-60(58)66/h3-44H,1-2H3. The molecule has 0 saturated heterocycles. The van der Waals surface area contributed by atoms with Crippen LogP contribution in [0.15, 0.2) is 249 Å². The third kappa shape index (κ3) is 6.91. The van der Waals surface area contributed by atoms with E-state index in [1.165, 1.54) is 137 Å². The Hall–Kier alpha value is -8.58. The molecule has 0 bridgehead atoms. The summed E-state index contributed by atoms with van der Waals surface area (Å²) in [5.41, 5.74) is 16.1. The molecule has 0 unspecified atom stereocenters. The lowest BCUT2D eigenvalue weighted by molar-refractivity contribution is 0.867. The van der Waals surface area contributed by atoms with Crippen molar-refractivity contribution in [3.63, 3.8) is 0 Å². The highest BCUT2D eigenvalue weighted by atomic mass is 14.2. The van der Waals surface area contributed by atoms with Gasteiger partial charge in [0.25, 0.3) is 0 Å². The van der Waals surface area contributed by atoms with E-state index in [0.29, 0.717) is 5.92 Å². The fourth-order valence-electron chi connectivity index (χ4n) is 11.2. The molecule has 69 heavy (non-hydrogen) atoms. The van der Waals surface area contributed by atoms with Crippen molar-refractivity contribution in [1.29, 1.82) is 0 Å². The number of hydrogen-bond acceptors (Lipinski definition) is 0. The van der Waals surface area contributed by atoms with Gasteiger partial charge in [-0.25, -0.2) is 0 Å². The minimum atomic E-state index is 0.430. The summed E-state index contributed by atoms with van der Waals surface area (Å²) in [7, 11) is 0. The van der Waals surface area contributed by atoms with Crippen molar-refractivity contribution >= 4 is 64.6 Å². The monoisotopic (exact) mass is 876 g/mol. The number of fused-ring (bicyclic) bond motifs is 8. The second-order valence-electron chi connectivity index (χ2n) is 18.9. The van der Waals surface area contributed by atoms with Crippen molar-refractivity contribution in [2.24, 2.45) is 0 Å². The minimum Gasteiger partial charge on any atom is -0.0616 e. The van der Waals surface area contributed by atoms with Gasteiger partial charge in [-0.2, -0.15) is 0 Å². The molecule has 0 aromatic heterocycles. The largest absolute Gasteiger partial charge is 0.0616 e.